The van der Waals surface area contributed by atoms with E-state index >= 15 is 0 Å². The average Bonchev–Trinajstić information content (AvgIpc) is 2.55. The Morgan fingerprint density at radius 3 is 2.27 bits per heavy atom. The van der Waals surface area contributed by atoms with Crippen LogP contribution in [0.5, 0.6) is 11.5 Å². The zero-order chi connectivity index (χ0) is 15.9. The van der Waals surface area contributed by atoms with E-state index in [1.165, 1.54) is 19.2 Å². The van der Waals surface area contributed by atoms with Crippen LogP contribution in [0.2, 0.25) is 0 Å². The third kappa shape index (κ3) is 3.85. The maximum Gasteiger partial charge on any atom is 0.337 e. The van der Waals surface area contributed by atoms with E-state index in [0.29, 0.717) is 17.1 Å². The van der Waals surface area contributed by atoms with Gasteiger partial charge in [-0.15, -0.1) is 0 Å². The molecule has 0 heterocycles. The van der Waals surface area contributed by atoms with Gasteiger partial charge in [-0.1, -0.05) is 18.2 Å². The van der Waals surface area contributed by atoms with Crippen molar-refractivity contribution in [2.24, 2.45) is 0 Å². The van der Waals surface area contributed by atoms with Gasteiger partial charge in [0.05, 0.1) is 26.2 Å². The van der Waals surface area contributed by atoms with Crippen molar-refractivity contribution in [1.82, 2.24) is 0 Å². The zero-order valence-electron chi connectivity index (χ0n) is 12.4. The molecular formula is C17H16O5. The summed E-state index contributed by atoms with van der Waals surface area (Å²) in [7, 11) is 2.86. The van der Waals surface area contributed by atoms with Crippen molar-refractivity contribution >= 4 is 11.9 Å². The Hall–Kier alpha value is -2.82. The van der Waals surface area contributed by atoms with E-state index in [1.54, 1.807) is 31.4 Å². The molecule has 0 unspecified atom stereocenters. The molecule has 0 aliphatic heterocycles. The number of carbonyl (C=O) groups excluding carboxylic acids is 2. The molecule has 0 saturated carbocycles. The number of ether oxygens (including phenoxy) is 3. The first-order valence-corrected chi connectivity index (χ1v) is 6.65. The number of hydrogen-bond donors (Lipinski definition) is 0. The van der Waals surface area contributed by atoms with Crippen LogP contribution in [0.25, 0.3) is 0 Å². The zero-order valence-corrected chi connectivity index (χ0v) is 12.4. The summed E-state index contributed by atoms with van der Waals surface area (Å²) in [6, 6.07) is 13.4. The predicted octanol–water partition coefficient (Wildman–Crippen LogP) is 2.63. The number of rotatable bonds is 5. The molecule has 2 rings (SSSR count). The minimum absolute atomic E-state index is 0.1000. The third-order valence-electron chi connectivity index (χ3n) is 3.03. The molecule has 0 atom stereocenters. The van der Waals surface area contributed by atoms with Crippen molar-refractivity contribution in [3.63, 3.8) is 0 Å². The van der Waals surface area contributed by atoms with E-state index in [0.717, 1.165) is 5.56 Å². The molecule has 0 aliphatic carbocycles. The lowest BCUT2D eigenvalue weighted by Gasteiger charge is -2.08. The summed E-state index contributed by atoms with van der Waals surface area (Å²) >= 11 is 0. The molecule has 2 aromatic rings. The number of carbonyl (C=O) groups is 2. The highest BCUT2D eigenvalue weighted by molar-refractivity contribution is 5.89. The summed E-state index contributed by atoms with van der Waals surface area (Å²) < 4.78 is 15.0. The first-order chi connectivity index (χ1) is 10.6. The summed E-state index contributed by atoms with van der Waals surface area (Å²) in [5.41, 5.74) is 1.15. The topological polar surface area (TPSA) is 61.8 Å². The Morgan fingerprint density at radius 2 is 1.64 bits per heavy atom. The van der Waals surface area contributed by atoms with Crippen LogP contribution in [0.15, 0.2) is 48.5 Å². The van der Waals surface area contributed by atoms with Gasteiger partial charge in [0, 0.05) is 5.56 Å². The fraction of sp³-hybridized carbons (Fsp3) is 0.176. The van der Waals surface area contributed by atoms with Gasteiger partial charge in [0.2, 0.25) is 0 Å². The highest BCUT2D eigenvalue weighted by Gasteiger charge is 2.11. The number of para-hydroxylation sites is 1. The van der Waals surface area contributed by atoms with Crippen molar-refractivity contribution in [1.29, 1.82) is 0 Å². The summed E-state index contributed by atoms with van der Waals surface area (Å²) in [5, 5.41) is 0. The molecule has 5 heteroatoms. The quantitative estimate of drug-likeness (QED) is 0.627. The van der Waals surface area contributed by atoms with Crippen LogP contribution in [0, 0.1) is 0 Å². The molecule has 0 fully saturated rings. The smallest absolute Gasteiger partial charge is 0.337 e. The van der Waals surface area contributed by atoms with E-state index in [4.69, 9.17) is 9.47 Å². The monoisotopic (exact) mass is 300 g/mol. The van der Waals surface area contributed by atoms with E-state index < -0.39 is 11.9 Å². The first kappa shape index (κ1) is 15.6. The molecule has 0 aliphatic rings. The first-order valence-electron chi connectivity index (χ1n) is 6.65. The highest BCUT2D eigenvalue weighted by atomic mass is 16.5. The number of methoxy groups -OCH3 is 2. The van der Waals surface area contributed by atoms with Crippen LogP contribution < -0.4 is 9.47 Å². The Bertz CT molecular complexity index is 661. The van der Waals surface area contributed by atoms with Gasteiger partial charge in [-0.25, -0.2) is 4.79 Å². The van der Waals surface area contributed by atoms with Gasteiger partial charge in [0.1, 0.15) is 11.5 Å². The van der Waals surface area contributed by atoms with Gasteiger partial charge in [-0.05, 0) is 30.3 Å². The molecule has 0 bridgehead atoms. The second kappa shape index (κ2) is 7.26. The van der Waals surface area contributed by atoms with E-state index in [-0.39, 0.29) is 6.42 Å². The van der Waals surface area contributed by atoms with Crippen LogP contribution in [0.4, 0.5) is 0 Å². The van der Waals surface area contributed by atoms with Gasteiger partial charge in [0.25, 0.3) is 0 Å². The number of hydrogen-bond acceptors (Lipinski definition) is 5. The molecular weight excluding hydrogens is 284 g/mol. The molecule has 5 nitrogen and oxygen atoms in total. The van der Waals surface area contributed by atoms with E-state index in [2.05, 4.69) is 4.74 Å². The van der Waals surface area contributed by atoms with Crippen molar-refractivity contribution in [2.75, 3.05) is 14.2 Å². The SMILES string of the molecule is COC(=O)c1ccc(OC(=O)Cc2ccccc2OC)cc1. The normalized spacial score (nSPS) is 9.91. The predicted molar refractivity (Wildman–Crippen MR) is 80.1 cm³/mol. The van der Waals surface area contributed by atoms with Crippen LogP contribution >= 0.6 is 0 Å². The second-order valence-electron chi connectivity index (χ2n) is 4.48. The fourth-order valence-electron chi connectivity index (χ4n) is 1.95. The minimum atomic E-state index is -0.438. The van der Waals surface area contributed by atoms with Crippen LogP contribution in [-0.4, -0.2) is 26.2 Å². The average molecular weight is 300 g/mol. The standard InChI is InChI=1S/C17H16O5/c1-20-15-6-4-3-5-13(15)11-16(18)22-14-9-7-12(8-10-14)17(19)21-2/h3-10H,11H2,1-2H3. The maximum absolute atomic E-state index is 12.0. The molecule has 114 valence electrons. The van der Waals surface area contributed by atoms with Crippen molar-refractivity contribution < 1.29 is 23.8 Å². The fourth-order valence-corrected chi connectivity index (χ4v) is 1.95. The molecule has 0 spiro atoms. The van der Waals surface area contributed by atoms with Crippen LogP contribution in [0.1, 0.15) is 15.9 Å². The molecule has 0 N–H and O–H groups in total. The van der Waals surface area contributed by atoms with Crippen molar-refractivity contribution in [3.05, 3.63) is 59.7 Å². The second-order valence-corrected chi connectivity index (χ2v) is 4.48. The number of esters is 2. The summed E-state index contributed by atoms with van der Waals surface area (Å²) in [6.07, 6.45) is 0.1000. The van der Waals surface area contributed by atoms with Gasteiger partial charge >= 0.3 is 11.9 Å². The Labute approximate surface area is 128 Å². The lowest BCUT2D eigenvalue weighted by Crippen LogP contribution is -2.12. The third-order valence-corrected chi connectivity index (χ3v) is 3.03. The van der Waals surface area contributed by atoms with Crippen molar-refractivity contribution in [3.8, 4) is 11.5 Å². The molecule has 2 aromatic carbocycles. The Morgan fingerprint density at radius 1 is 0.955 bits per heavy atom. The molecule has 0 saturated heterocycles. The lowest BCUT2D eigenvalue weighted by atomic mass is 10.1. The number of benzene rings is 2. The lowest BCUT2D eigenvalue weighted by molar-refractivity contribution is -0.133. The Balaban J connectivity index is 2.01. The van der Waals surface area contributed by atoms with Crippen LogP contribution in [0.3, 0.4) is 0 Å². The maximum atomic E-state index is 12.0. The van der Waals surface area contributed by atoms with E-state index in [1.807, 2.05) is 12.1 Å². The summed E-state index contributed by atoms with van der Waals surface area (Å²) in [6.45, 7) is 0. The molecule has 0 amide bonds. The van der Waals surface area contributed by atoms with Gasteiger partial charge < -0.3 is 14.2 Å². The Kier molecular flexibility index (Phi) is 5.14. The van der Waals surface area contributed by atoms with Crippen molar-refractivity contribution in [2.45, 2.75) is 6.42 Å². The minimum Gasteiger partial charge on any atom is -0.496 e. The molecule has 0 radical (unpaired) electrons. The van der Waals surface area contributed by atoms with Crippen LogP contribution in [-0.2, 0) is 16.0 Å². The molecule has 0 aromatic heterocycles. The molecule has 22 heavy (non-hydrogen) atoms. The highest BCUT2D eigenvalue weighted by Crippen LogP contribution is 2.19. The van der Waals surface area contributed by atoms with E-state index in [9.17, 15) is 9.59 Å². The van der Waals surface area contributed by atoms with Gasteiger partial charge in [-0.3, -0.25) is 4.79 Å². The summed E-state index contributed by atoms with van der Waals surface area (Å²) in [4.78, 5) is 23.3. The van der Waals surface area contributed by atoms with Gasteiger partial charge in [0.15, 0.2) is 0 Å². The largest absolute Gasteiger partial charge is 0.496 e. The van der Waals surface area contributed by atoms with Gasteiger partial charge in [-0.2, -0.15) is 0 Å². The summed E-state index contributed by atoms with van der Waals surface area (Å²) in [5.74, 6) is 0.162.